The minimum absolute atomic E-state index is 0.277. The third kappa shape index (κ3) is 6.82. The molecule has 21 heavy (non-hydrogen) atoms. The van der Waals surface area contributed by atoms with Gasteiger partial charge in [0.25, 0.3) is 0 Å². The van der Waals surface area contributed by atoms with Crippen molar-refractivity contribution in [1.29, 1.82) is 0 Å². The Labute approximate surface area is 133 Å². The molecule has 5 nitrogen and oxygen atoms in total. The number of aliphatic carboxylic acids is 1. The van der Waals surface area contributed by atoms with Crippen molar-refractivity contribution >= 4 is 35.2 Å². The van der Waals surface area contributed by atoms with E-state index >= 15 is 0 Å². The maximum absolute atomic E-state index is 10.6. The second-order valence-electron chi connectivity index (χ2n) is 3.93. The van der Waals surface area contributed by atoms with Crippen LogP contribution in [-0.4, -0.2) is 44.6 Å². The van der Waals surface area contributed by atoms with Gasteiger partial charge >= 0.3 is 5.97 Å². The minimum Gasteiger partial charge on any atom is -0.489 e. The van der Waals surface area contributed by atoms with Crippen LogP contribution in [0.25, 0.3) is 6.08 Å². The van der Waals surface area contributed by atoms with Gasteiger partial charge in [-0.05, 0) is 18.2 Å². The summed E-state index contributed by atoms with van der Waals surface area (Å²) in [6, 6.07) is 3.11. The van der Waals surface area contributed by atoms with Crippen LogP contribution >= 0.6 is 23.2 Å². The molecule has 1 aromatic carbocycles. The highest BCUT2D eigenvalue weighted by Crippen LogP contribution is 2.33. The molecule has 0 atom stereocenters. The Kier molecular flexibility index (Phi) is 8.15. The van der Waals surface area contributed by atoms with Gasteiger partial charge in [-0.2, -0.15) is 0 Å². The molecule has 0 spiro atoms. The SMILES string of the molecule is COCCOCCOc1c(Cl)cc(Cl)cc1C=CC(=O)O. The molecular formula is C14H16Cl2O5. The second-order valence-corrected chi connectivity index (χ2v) is 4.77. The Hall–Kier alpha value is -1.27. The number of benzene rings is 1. The summed E-state index contributed by atoms with van der Waals surface area (Å²) in [6.45, 7) is 1.62. The van der Waals surface area contributed by atoms with Gasteiger partial charge in [-0.1, -0.05) is 23.2 Å². The molecule has 0 aromatic heterocycles. The molecule has 0 radical (unpaired) electrons. The molecule has 1 rings (SSSR count). The maximum Gasteiger partial charge on any atom is 0.328 e. The normalized spacial score (nSPS) is 11.0. The van der Waals surface area contributed by atoms with Gasteiger partial charge in [-0.3, -0.25) is 0 Å². The van der Waals surface area contributed by atoms with Gasteiger partial charge in [0, 0.05) is 23.8 Å². The van der Waals surface area contributed by atoms with Crippen LogP contribution in [0.3, 0.4) is 0 Å². The molecule has 7 heteroatoms. The van der Waals surface area contributed by atoms with Gasteiger partial charge in [-0.25, -0.2) is 4.79 Å². The predicted octanol–water partition coefficient (Wildman–Crippen LogP) is 3.13. The molecule has 0 bridgehead atoms. The number of rotatable bonds is 9. The third-order valence-electron chi connectivity index (χ3n) is 2.35. The number of ether oxygens (including phenoxy) is 3. The Morgan fingerprint density at radius 1 is 1.24 bits per heavy atom. The number of carboxylic acids is 1. The summed E-state index contributed by atoms with van der Waals surface area (Å²) in [6.07, 6.45) is 2.37. The van der Waals surface area contributed by atoms with E-state index in [9.17, 15) is 4.79 Å². The number of carbonyl (C=O) groups is 1. The van der Waals surface area contributed by atoms with E-state index < -0.39 is 5.97 Å². The van der Waals surface area contributed by atoms with Crippen molar-refractivity contribution in [2.24, 2.45) is 0 Å². The molecule has 0 amide bonds. The van der Waals surface area contributed by atoms with E-state index in [1.54, 1.807) is 13.2 Å². The summed E-state index contributed by atoms with van der Waals surface area (Å²) >= 11 is 12.0. The van der Waals surface area contributed by atoms with Gasteiger partial charge in [0.05, 0.1) is 24.8 Å². The zero-order valence-electron chi connectivity index (χ0n) is 11.5. The predicted molar refractivity (Wildman–Crippen MR) is 81.3 cm³/mol. The van der Waals surface area contributed by atoms with Crippen LogP contribution in [0.15, 0.2) is 18.2 Å². The third-order valence-corrected chi connectivity index (χ3v) is 2.85. The average Bonchev–Trinajstić information content (AvgIpc) is 2.42. The van der Waals surface area contributed by atoms with Crippen molar-refractivity contribution in [3.63, 3.8) is 0 Å². The Balaban J connectivity index is 2.68. The maximum atomic E-state index is 10.6. The molecule has 0 aliphatic carbocycles. The van der Waals surface area contributed by atoms with Crippen LogP contribution in [0.1, 0.15) is 5.56 Å². The van der Waals surface area contributed by atoms with E-state index in [0.29, 0.717) is 41.2 Å². The Morgan fingerprint density at radius 2 is 1.95 bits per heavy atom. The highest BCUT2D eigenvalue weighted by molar-refractivity contribution is 6.35. The molecule has 0 fully saturated rings. The highest BCUT2D eigenvalue weighted by Gasteiger charge is 2.09. The molecule has 0 saturated heterocycles. The molecule has 1 aromatic rings. The zero-order valence-corrected chi connectivity index (χ0v) is 13.0. The van der Waals surface area contributed by atoms with E-state index in [1.807, 2.05) is 0 Å². The molecule has 0 heterocycles. The Bertz CT molecular complexity index is 502. The van der Waals surface area contributed by atoms with E-state index in [-0.39, 0.29) is 6.61 Å². The molecule has 0 unspecified atom stereocenters. The van der Waals surface area contributed by atoms with Crippen molar-refractivity contribution in [1.82, 2.24) is 0 Å². The Morgan fingerprint density at radius 3 is 2.62 bits per heavy atom. The first-order chi connectivity index (χ1) is 10.0. The standard InChI is InChI=1S/C14H16Cl2O5/c1-19-4-5-20-6-7-21-14-10(2-3-13(17)18)8-11(15)9-12(14)16/h2-3,8-9H,4-7H2,1H3,(H,17,18). The fourth-order valence-corrected chi connectivity index (χ4v) is 2.03. The first-order valence-electron chi connectivity index (χ1n) is 6.14. The number of methoxy groups -OCH3 is 1. The van der Waals surface area contributed by atoms with Crippen LogP contribution < -0.4 is 4.74 Å². The molecule has 0 aliphatic rings. The van der Waals surface area contributed by atoms with Crippen LogP contribution in [0.4, 0.5) is 0 Å². The van der Waals surface area contributed by atoms with Gasteiger partial charge in [-0.15, -0.1) is 0 Å². The van der Waals surface area contributed by atoms with Gasteiger partial charge in [0.2, 0.25) is 0 Å². The quantitative estimate of drug-likeness (QED) is 0.555. The molecule has 116 valence electrons. The van der Waals surface area contributed by atoms with E-state index in [2.05, 4.69) is 0 Å². The first-order valence-corrected chi connectivity index (χ1v) is 6.89. The lowest BCUT2D eigenvalue weighted by Gasteiger charge is -2.12. The van der Waals surface area contributed by atoms with E-state index in [1.165, 1.54) is 12.1 Å². The number of halogens is 2. The second kappa shape index (κ2) is 9.63. The van der Waals surface area contributed by atoms with Gasteiger partial charge in [0.1, 0.15) is 12.4 Å². The number of hydrogen-bond donors (Lipinski definition) is 1. The first kappa shape index (κ1) is 17.8. The van der Waals surface area contributed by atoms with Crippen molar-refractivity contribution in [2.75, 3.05) is 33.5 Å². The number of hydrogen-bond acceptors (Lipinski definition) is 4. The van der Waals surface area contributed by atoms with E-state index in [4.69, 9.17) is 42.5 Å². The largest absolute Gasteiger partial charge is 0.489 e. The van der Waals surface area contributed by atoms with Crippen LogP contribution in [0.5, 0.6) is 5.75 Å². The fourth-order valence-electron chi connectivity index (χ4n) is 1.46. The lowest BCUT2D eigenvalue weighted by Crippen LogP contribution is -2.10. The lowest BCUT2D eigenvalue weighted by atomic mass is 10.2. The molecule has 1 N–H and O–H groups in total. The summed E-state index contributed by atoms with van der Waals surface area (Å²) in [7, 11) is 1.59. The van der Waals surface area contributed by atoms with Crippen LogP contribution in [-0.2, 0) is 14.3 Å². The molecule has 0 saturated carbocycles. The fraction of sp³-hybridized carbons (Fsp3) is 0.357. The zero-order chi connectivity index (χ0) is 15.7. The molecular weight excluding hydrogens is 319 g/mol. The average molecular weight is 335 g/mol. The summed E-state index contributed by atoms with van der Waals surface area (Å²) in [5.74, 6) is -0.700. The van der Waals surface area contributed by atoms with E-state index in [0.717, 1.165) is 6.08 Å². The minimum atomic E-state index is -1.07. The van der Waals surface area contributed by atoms with Gasteiger partial charge < -0.3 is 19.3 Å². The lowest BCUT2D eigenvalue weighted by molar-refractivity contribution is -0.131. The summed E-state index contributed by atoms with van der Waals surface area (Å²) < 4.78 is 15.6. The summed E-state index contributed by atoms with van der Waals surface area (Å²) in [5, 5.41) is 9.38. The monoisotopic (exact) mass is 334 g/mol. The summed E-state index contributed by atoms with van der Waals surface area (Å²) in [5.41, 5.74) is 0.492. The van der Waals surface area contributed by atoms with Gasteiger partial charge in [0.15, 0.2) is 0 Å². The van der Waals surface area contributed by atoms with Crippen LogP contribution in [0.2, 0.25) is 10.0 Å². The summed E-state index contributed by atoms with van der Waals surface area (Å²) in [4.78, 5) is 10.6. The number of carboxylic acid groups (broad SMARTS) is 1. The van der Waals surface area contributed by atoms with Crippen molar-refractivity contribution in [3.05, 3.63) is 33.8 Å². The van der Waals surface area contributed by atoms with Crippen LogP contribution in [0, 0.1) is 0 Å². The smallest absolute Gasteiger partial charge is 0.328 e. The highest BCUT2D eigenvalue weighted by atomic mass is 35.5. The van der Waals surface area contributed by atoms with Crippen molar-refractivity contribution in [3.8, 4) is 5.75 Å². The van der Waals surface area contributed by atoms with Crippen molar-refractivity contribution in [2.45, 2.75) is 0 Å². The molecule has 0 aliphatic heterocycles. The van der Waals surface area contributed by atoms with Crippen molar-refractivity contribution < 1.29 is 24.1 Å². The topological polar surface area (TPSA) is 65.0 Å².